The molecule has 94 valence electrons. The Labute approximate surface area is 116 Å². The van der Waals surface area contributed by atoms with E-state index < -0.39 is 0 Å². The van der Waals surface area contributed by atoms with E-state index in [1.807, 2.05) is 36.7 Å². The average molecular weight is 281 g/mol. The van der Waals surface area contributed by atoms with Crippen molar-refractivity contribution >= 4 is 34.6 Å². The molecule has 0 aliphatic carbocycles. The van der Waals surface area contributed by atoms with Gasteiger partial charge in [-0.15, -0.1) is 0 Å². The van der Waals surface area contributed by atoms with Crippen LogP contribution in [0.25, 0.3) is 5.69 Å². The fourth-order valence-electron chi connectivity index (χ4n) is 1.77. The van der Waals surface area contributed by atoms with Gasteiger partial charge in [0.25, 0.3) is 0 Å². The molecule has 0 spiro atoms. The number of aromatic nitrogens is 2. The van der Waals surface area contributed by atoms with Crippen LogP contribution in [-0.2, 0) is 0 Å². The molecule has 0 saturated carbocycles. The molecular formula is C12H13ClN4S. The van der Waals surface area contributed by atoms with Gasteiger partial charge in [0.2, 0.25) is 0 Å². The zero-order valence-corrected chi connectivity index (χ0v) is 11.6. The maximum atomic E-state index is 6.24. The normalized spacial score (nSPS) is 10.4. The van der Waals surface area contributed by atoms with E-state index in [1.54, 1.807) is 6.07 Å². The second-order valence-electron chi connectivity index (χ2n) is 3.99. The molecule has 0 aliphatic heterocycles. The highest BCUT2D eigenvalue weighted by Crippen LogP contribution is 2.25. The van der Waals surface area contributed by atoms with Crippen molar-refractivity contribution in [1.82, 2.24) is 9.78 Å². The topological polar surface area (TPSA) is 55.9 Å². The monoisotopic (exact) mass is 280 g/mol. The van der Waals surface area contributed by atoms with Crippen LogP contribution in [0, 0.1) is 13.8 Å². The lowest BCUT2D eigenvalue weighted by molar-refractivity contribution is 0.834. The third-order valence-corrected chi connectivity index (χ3v) is 2.86. The van der Waals surface area contributed by atoms with Gasteiger partial charge in [0.1, 0.15) is 0 Å². The summed E-state index contributed by atoms with van der Waals surface area (Å²) in [4.78, 5) is 0. The largest absolute Gasteiger partial charge is 0.376 e. The Balaban J connectivity index is 2.41. The highest BCUT2D eigenvalue weighted by molar-refractivity contribution is 7.80. The fourth-order valence-corrected chi connectivity index (χ4v) is 2.15. The third kappa shape index (κ3) is 2.63. The number of aryl methyl sites for hydroxylation is 2. The molecule has 0 amide bonds. The van der Waals surface area contributed by atoms with Crippen molar-refractivity contribution in [3.05, 3.63) is 40.7 Å². The summed E-state index contributed by atoms with van der Waals surface area (Å²) in [5.74, 6) is 0. The van der Waals surface area contributed by atoms with Crippen molar-refractivity contribution < 1.29 is 0 Å². The molecule has 1 aromatic heterocycles. The number of nitrogens with two attached hydrogens (primary N) is 1. The standard InChI is InChI=1S/C12H13ClN4S/c1-7-5-8(2)17(16-7)11-4-3-9(6-10(11)13)15-12(14)18/h3-6H,1-2H3,(H3,14,15,18). The minimum atomic E-state index is 0.213. The summed E-state index contributed by atoms with van der Waals surface area (Å²) in [5.41, 5.74) is 8.99. The second kappa shape index (κ2) is 4.96. The summed E-state index contributed by atoms with van der Waals surface area (Å²) in [6.07, 6.45) is 0. The molecule has 18 heavy (non-hydrogen) atoms. The molecule has 0 aliphatic rings. The molecule has 3 N–H and O–H groups in total. The van der Waals surface area contributed by atoms with Crippen molar-refractivity contribution in [2.75, 3.05) is 5.32 Å². The summed E-state index contributed by atoms with van der Waals surface area (Å²) in [7, 11) is 0. The maximum absolute atomic E-state index is 6.24. The predicted octanol–water partition coefficient (Wildman–Crippen LogP) is 2.80. The summed E-state index contributed by atoms with van der Waals surface area (Å²) in [5, 5.41) is 8.03. The SMILES string of the molecule is Cc1cc(C)n(-c2ccc(NC(N)=S)cc2Cl)n1. The highest BCUT2D eigenvalue weighted by Gasteiger charge is 2.08. The molecule has 4 nitrogen and oxygen atoms in total. The van der Waals surface area contributed by atoms with E-state index in [4.69, 9.17) is 29.6 Å². The number of rotatable bonds is 2. The van der Waals surface area contributed by atoms with Crippen molar-refractivity contribution in [1.29, 1.82) is 0 Å². The van der Waals surface area contributed by atoms with Crippen LogP contribution in [0.2, 0.25) is 5.02 Å². The van der Waals surface area contributed by atoms with Crippen LogP contribution in [0.15, 0.2) is 24.3 Å². The lowest BCUT2D eigenvalue weighted by Crippen LogP contribution is -2.18. The summed E-state index contributed by atoms with van der Waals surface area (Å²) in [6.45, 7) is 3.93. The Morgan fingerprint density at radius 2 is 2.11 bits per heavy atom. The lowest BCUT2D eigenvalue weighted by atomic mass is 10.2. The summed E-state index contributed by atoms with van der Waals surface area (Å²) < 4.78 is 1.81. The Bertz CT molecular complexity index is 606. The first-order valence-corrected chi connectivity index (χ1v) is 6.15. The predicted molar refractivity (Wildman–Crippen MR) is 78.5 cm³/mol. The molecule has 0 fully saturated rings. The van der Waals surface area contributed by atoms with Crippen LogP contribution in [0.4, 0.5) is 5.69 Å². The van der Waals surface area contributed by atoms with Gasteiger partial charge < -0.3 is 11.1 Å². The summed E-state index contributed by atoms with van der Waals surface area (Å²) in [6, 6.07) is 7.50. The number of hydrogen-bond donors (Lipinski definition) is 2. The molecule has 1 aromatic carbocycles. The van der Waals surface area contributed by atoms with E-state index in [9.17, 15) is 0 Å². The Hall–Kier alpha value is -1.59. The first-order chi connectivity index (χ1) is 8.47. The van der Waals surface area contributed by atoms with Gasteiger partial charge in [0.15, 0.2) is 5.11 Å². The number of thiocarbonyl (C=S) groups is 1. The van der Waals surface area contributed by atoms with Gasteiger partial charge in [-0.1, -0.05) is 11.6 Å². The van der Waals surface area contributed by atoms with Crippen molar-refractivity contribution in [2.45, 2.75) is 13.8 Å². The van der Waals surface area contributed by atoms with Gasteiger partial charge in [0, 0.05) is 11.4 Å². The van der Waals surface area contributed by atoms with Gasteiger partial charge in [0.05, 0.1) is 16.4 Å². The van der Waals surface area contributed by atoms with Gasteiger partial charge in [-0.25, -0.2) is 4.68 Å². The molecule has 0 unspecified atom stereocenters. The van der Waals surface area contributed by atoms with E-state index in [0.717, 1.165) is 22.8 Å². The van der Waals surface area contributed by atoms with Crippen LogP contribution in [-0.4, -0.2) is 14.9 Å². The van der Waals surface area contributed by atoms with Gasteiger partial charge in [-0.2, -0.15) is 5.10 Å². The molecule has 2 rings (SSSR count). The Kier molecular flexibility index (Phi) is 3.54. The van der Waals surface area contributed by atoms with E-state index in [2.05, 4.69) is 10.4 Å². The molecule has 1 heterocycles. The number of nitrogens with one attached hydrogen (secondary N) is 1. The smallest absolute Gasteiger partial charge is 0.168 e. The van der Waals surface area contributed by atoms with Gasteiger partial charge >= 0.3 is 0 Å². The molecule has 0 atom stereocenters. The Morgan fingerprint density at radius 3 is 2.61 bits per heavy atom. The van der Waals surface area contributed by atoms with E-state index in [-0.39, 0.29) is 5.11 Å². The van der Waals surface area contributed by atoms with Gasteiger partial charge in [-0.3, -0.25) is 0 Å². The number of nitrogens with zero attached hydrogens (tertiary/aromatic N) is 2. The molecule has 2 aromatic rings. The van der Waals surface area contributed by atoms with Crippen molar-refractivity contribution in [3.63, 3.8) is 0 Å². The molecule has 0 bridgehead atoms. The zero-order chi connectivity index (χ0) is 13.3. The number of anilines is 1. The van der Waals surface area contributed by atoms with E-state index in [1.165, 1.54) is 0 Å². The van der Waals surface area contributed by atoms with E-state index >= 15 is 0 Å². The fraction of sp³-hybridized carbons (Fsp3) is 0.167. The van der Waals surface area contributed by atoms with E-state index in [0.29, 0.717) is 5.02 Å². The van der Waals surface area contributed by atoms with Crippen LogP contribution in [0.1, 0.15) is 11.4 Å². The number of halogens is 1. The van der Waals surface area contributed by atoms with Crippen LogP contribution < -0.4 is 11.1 Å². The van der Waals surface area contributed by atoms with Crippen molar-refractivity contribution in [2.24, 2.45) is 5.73 Å². The first kappa shape index (κ1) is 12.9. The highest BCUT2D eigenvalue weighted by atomic mass is 35.5. The third-order valence-electron chi connectivity index (χ3n) is 2.45. The molecule has 6 heteroatoms. The lowest BCUT2D eigenvalue weighted by Gasteiger charge is -2.09. The Morgan fingerprint density at radius 1 is 1.39 bits per heavy atom. The number of hydrogen-bond acceptors (Lipinski definition) is 2. The molecule has 0 radical (unpaired) electrons. The van der Waals surface area contributed by atoms with Crippen LogP contribution in [0.3, 0.4) is 0 Å². The first-order valence-electron chi connectivity index (χ1n) is 5.37. The van der Waals surface area contributed by atoms with Crippen molar-refractivity contribution in [3.8, 4) is 5.69 Å². The minimum Gasteiger partial charge on any atom is -0.376 e. The second-order valence-corrected chi connectivity index (χ2v) is 4.84. The van der Waals surface area contributed by atoms with Crippen LogP contribution >= 0.6 is 23.8 Å². The average Bonchev–Trinajstić information content (AvgIpc) is 2.57. The quantitative estimate of drug-likeness (QED) is 0.831. The zero-order valence-electron chi connectivity index (χ0n) is 10.1. The minimum absolute atomic E-state index is 0.213. The summed E-state index contributed by atoms with van der Waals surface area (Å²) >= 11 is 11.0. The maximum Gasteiger partial charge on any atom is 0.168 e. The molecular weight excluding hydrogens is 268 g/mol. The van der Waals surface area contributed by atoms with Gasteiger partial charge in [-0.05, 0) is 50.3 Å². The number of benzene rings is 1. The molecule has 0 saturated heterocycles. The van der Waals surface area contributed by atoms with Crippen LogP contribution in [0.5, 0.6) is 0 Å².